The molecule has 126 valence electrons. The van der Waals surface area contributed by atoms with Gasteiger partial charge in [0.1, 0.15) is 0 Å². The van der Waals surface area contributed by atoms with Gasteiger partial charge in [0, 0.05) is 11.8 Å². The zero-order valence-corrected chi connectivity index (χ0v) is 14.9. The van der Waals surface area contributed by atoms with E-state index in [1.165, 1.54) is 6.26 Å². The van der Waals surface area contributed by atoms with Crippen LogP contribution in [-0.2, 0) is 9.84 Å². The van der Waals surface area contributed by atoms with Crippen LogP contribution in [0.15, 0.2) is 65.7 Å². The summed E-state index contributed by atoms with van der Waals surface area (Å²) in [6, 6.07) is 16.7. The lowest BCUT2D eigenvalue weighted by molar-refractivity contribution is 0.602. The van der Waals surface area contributed by atoms with Crippen LogP contribution >= 0.6 is 0 Å². The molecule has 0 saturated carbocycles. The van der Waals surface area contributed by atoms with Gasteiger partial charge in [0.25, 0.3) is 0 Å². The van der Waals surface area contributed by atoms with Crippen molar-refractivity contribution in [1.82, 2.24) is 9.97 Å². The molecular formula is C20H18N2O2S. The van der Waals surface area contributed by atoms with E-state index in [9.17, 15) is 8.42 Å². The molecule has 25 heavy (non-hydrogen) atoms. The van der Waals surface area contributed by atoms with Gasteiger partial charge in [-0.15, -0.1) is 0 Å². The first kappa shape index (κ1) is 17.0. The number of nitrogens with zero attached hydrogens (tertiary/aromatic N) is 2. The van der Waals surface area contributed by atoms with Gasteiger partial charge in [-0.3, -0.25) is 4.98 Å². The van der Waals surface area contributed by atoms with Gasteiger partial charge in [0.15, 0.2) is 9.84 Å². The van der Waals surface area contributed by atoms with Gasteiger partial charge in [-0.1, -0.05) is 48.5 Å². The summed E-state index contributed by atoms with van der Waals surface area (Å²) in [5.41, 5.74) is 4.25. The molecule has 0 bridgehead atoms. The minimum atomic E-state index is -3.20. The molecular weight excluding hydrogens is 332 g/mol. The number of rotatable bonds is 4. The number of aromatic nitrogens is 2. The van der Waals surface area contributed by atoms with Crippen LogP contribution < -0.4 is 0 Å². The summed E-state index contributed by atoms with van der Waals surface area (Å²) in [4.78, 5) is 9.35. The van der Waals surface area contributed by atoms with E-state index in [0.717, 1.165) is 22.5 Å². The summed E-state index contributed by atoms with van der Waals surface area (Å²) in [6.07, 6.45) is 6.82. The molecule has 5 heteroatoms. The van der Waals surface area contributed by atoms with Crippen molar-refractivity contribution in [3.63, 3.8) is 0 Å². The Morgan fingerprint density at radius 1 is 0.920 bits per heavy atom. The Kier molecular flexibility index (Phi) is 4.76. The lowest BCUT2D eigenvalue weighted by Gasteiger charge is -2.05. The highest BCUT2D eigenvalue weighted by molar-refractivity contribution is 7.90. The van der Waals surface area contributed by atoms with Crippen molar-refractivity contribution in [2.24, 2.45) is 0 Å². The van der Waals surface area contributed by atoms with Crippen LogP contribution in [0.4, 0.5) is 0 Å². The van der Waals surface area contributed by atoms with Crippen LogP contribution in [0.3, 0.4) is 0 Å². The molecule has 0 radical (unpaired) electrons. The third kappa shape index (κ3) is 4.19. The minimum absolute atomic E-state index is 0.292. The van der Waals surface area contributed by atoms with Crippen molar-refractivity contribution >= 4 is 22.0 Å². The first-order chi connectivity index (χ1) is 11.9. The van der Waals surface area contributed by atoms with Gasteiger partial charge >= 0.3 is 0 Å². The van der Waals surface area contributed by atoms with E-state index in [1.807, 2.05) is 49.4 Å². The van der Waals surface area contributed by atoms with E-state index in [1.54, 1.807) is 30.5 Å². The fourth-order valence-electron chi connectivity index (χ4n) is 2.37. The molecule has 0 N–H and O–H groups in total. The predicted octanol–water partition coefficient (Wildman–Crippen LogP) is 4.03. The van der Waals surface area contributed by atoms with E-state index in [4.69, 9.17) is 0 Å². The van der Waals surface area contributed by atoms with Crippen molar-refractivity contribution in [3.05, 3.63) is 77.7 Å². The molecule has 4 nitrogen and oxygen atoms in total. The SMILES string of the molecule is Cc1ncc(-c2ccc(S(C)(=O)=O)cc2)nc1/C=C/c1ccccc1. The van der Waals surface area contributed by atoms with E-state index in [0.29, 0.717) is 10.6 Å². The molecule has 0 aliphatic carbocycles. The highest BCUT2D eigenvalue weighted by atomic mass is 32.2. The highest BCUT2D eigenvalue weighted by Gasteiger charge is 2.08. The van der Waals surface area contributed by atoms with Crippen LogP contribution in [0, 0.1) is 6.92 Å². The lowest BCUT2D eigenvalue weighted by atomic mass is 10.1. The molecule has 0 aliphatic heterocycles. The van der Waals surface area contributed by atoms with Crippen molar-refractivity contribution in [2.45, 2.75) is 11.8 Å². The fourth-order valence-corrected chi connectivity index (χ4v) is 3.00. The summed E-state index contributed by atoms with van der Waals surface area (Å²) in [5, 5.41) is 0. The monoisotopic (exact) mass is 350 g/mol. The molecule has 1 aromatic heterocycles. The Morgan fingerprint density at radius 2 is 1.60 bits per heavy atom. The second-order valence-electron chi connectivity index (χ2n) is 5.77. The summed E-state index contributed by atoms with van der Waals surface area (Å²) in [5.74, 6) is 0. The Balaban J connectivity index is 1.92. The summed E-state index contributed by atoms with van der Waals surface area (Å²) in [7, 11) is -3.20. The molecule has 0 unspecified atom stereocenters. The second kappa shape index (κ2) is 6.99. The van der Waals surface area contributed by atoms with Crippen LogP contribution in [0.1, 0.15) is 17.0 Å². The number of sulfone groups is 1. The van der Waals surface area contributed by atoms with Crippen molar-refractivity contribution in [1.29, 1.82) is 0 Å². The van der Waals surface area contributed by atoms with Crippen molar-refractivity contribution in [2.75, 3.05) is 6.26 Å². The summed E-state index contributed by atoms with van der Waals surface area (Å²) < 4.78 is 23.1. The molecule has 0 aliphatic rings. The van der Waals surface area contributed by atoms with E-state index in [-0.39, 0.29) is 0 Å². The maximum atomic E-state index is 11.6. The number of benzene rings is 2. The van der Waals surface area contributed by atoms with Gasteiger partial charge in [-0.05, 0) is 30.7 Å². The maximum absolute atomic E-state index is 11.6. The van der Waals surface area contributed by atoms with Crippen LogP contribution in [-0.4, -0.2) is 24.6 Å². The van der Waals surface area contributed by atoms with E-state index in [2.05, 4.69) is 9.97 Å². The molecule has 1 heterocycles. The standard InChI is InChI=1S/C20H18N2O2S/c1-15-19(13-8-16-6-4-3-5-7-16)22-20(14-21-15)17-9-11-18(12-10-17)25(2,23)24/h3-14H,1-2H3/b13-8+. The Bertz CT molecular complexity index is 1010. The third-order valence-electron chi connectivity index (χ3n) is 3.80. The fraction of sp³-hybridized carbons (Fsp3) is 0.100. The van der Waals surface area contributed by atoms with Crippen molar-refractivity contribution < 1.29 is 8.42 Å². The number of hydrogen-bond donors (Lipinski definition) is 0. The number of hydrogen-bond acceptors (Lipinski definition) is 4. The largest absolute Gasteiger partial charge is 0.257 e. The quantitative estimate of drug-likeness (QED) is 0.713. The molecule has 0 fully saturated rings. The smallest absolute Gasteiger partial charge is 0.175 e. The summed E-state index contributed by atoms with van der Waals surface area (Å²) >= 11 is 0. The average Bonchev–Trinajstić information content (AvgIpc) is 2.61. The minimum Gasteiger partial charge on any atom is -0.257 e. The zero-order valence-electron chi connectivity index (χ0n) is 14.0. The maximum Gasteiger partial charge on any atom is 0.175 e. The van der Waals surface area contributed by atoms with E-state index >= 15 is 0 Å². The second-order valence-corrected chi connectivity index (χ2v) is 7.78. The molecule has 3 aromatic rings. The summed E-state index contributed by atoms with van der Waals surface area (Å²) in [6.45, 7) is 1.91. The first-order valence-corrected chi connectivity index (χ1v) is 9.70. The van der Waals surface area contributed by atoms with Crippen LogP contribution in [0.25, 0.3) is 23.4 Å². The van der Waals surface area contributed by atoms with Gasteiger partial charge in [-0.25, -0.2) is 13.4 Å². The molecule has 0 amide bonds. The molecule has 0 spiro atoms. The third-order valence-corrected chi connectivity index (χ3v) is 4.93. The lowest BCUT2D eigenvalue weighted by Crippen LogP contribution is -1.97. The van der Waals surface area contributed by atoms with Crippen LogP contribution in [0.2, 0.25) is 0 Å². The first-order valence-electron chi connectivity index (χ1n) is 7.81. The van der Waals surface area contributed by atoms with Crippen LogP contribution in [0.5, 0.6) is 0 Å². The van der Waals surface area contributed by atoms with E-state index < -0.39 is 9.84 Å². The Morgan fingerprint density at radius 3 is 2.24 bits per heavy atom. The van der Waals surface area contributed by atoms with Gasteiger partial charge in [-0.2, -0.15) is 0 Å². The zero-order chi connectivity index (χ0) is 17.9. The highest BCUT2D eigenvalue weighted by Crippen LogP contribution is 2.21. The number of aryl methyl sites for hydroxylation is 1. The van der Waals surface area contributed by atoms with Gasteiger partial charge in [0.2, 0.25) is 0 Å². The topological polar surface area (TPSA) is 59.9 Å². The average molecular weight is 350 g/mol. The van der Waals surface area contributed by atoms with Crippen molar-refractivity contribution in [3.8, 4) is 11.3 Å². The predicted molar refractivity (Wildman–Crippen MR) is 101 cm³/mol. The molecule has 0 saturated heterocycles. The Hall–Kier alpha value is -2.79. The molecule has 0 atom stereocenters. The Labute approximate surface area is 147 Å². The molecule has 2 aromatic carbocycles. The normalized spacial score (nSPS) is 11.8. The van der Waals surface area contributed by atoms with Gasteiger partial charge < -0.3 is 0 Å². The van der Waals surface area contributed by atoms with Gasteiger partial charge in [0.05, 0.1) is 28.2 Å². The molecule has 3 rings (SSSR count).